The number of amides is 1. The lowest BCUT2D eigenvalue weighted by molar-refractivity contribution is -0.132. The highest BCUT2D eigenvalue weighted by Gasteiger charge is 2.34. The number of H-pyrrole nitrogens is 1. The Hall–Kier alpha value is -3.65. The van der Waals surface area contributed by atoms with Crippen LogP contribution in [0, 0.1) is 0 Å². The third-order valence-electron chi connectivity index (χ3n) is 6.10. The molecular formula is C25H23N3O4S. The average molecular weight is 462 g/mol. The molecule has 5 rings (SSSR count). The van der Waals surface area contributed by atoms with E-state index >= 15 is 0 Å². The zero-order chi connectivity index (χ0) is 22.9. The molecule has 1 aliphatic heterocycles. The zero-order valence-electron chi connectivity index (χ0n) is 18.3. The molecule has 0 saturated heterocycles. The maximum absolute atomic E-state index is 13.6. The van der Waals surface area contributed by atoms with Gasteiger partial charge in [-0.2, -0.15) is 5.10 Å². The summed E-state index contributed by atoms with van der Waals surface area (Å²) in [6, 6.07) is 15.0. The van der Waals surface area contributed by atoms with Crippen molar-refractivity contribution >= 4 is 28.0 Å². The first-order chi connectivity index (χ1) is 16.1. The Balaban J connectivity index is 1.55. The van der Waals surface area contributed by atoms with E-state index in [0.29, 0.717) is 40.9 Å². The van der Waals surface area contributed by atoms with Crippen LogP contribution in [-0.2, 0) is 17.6 Å². The van der Waals surface area contributed by atoms with E-state index in [2.05, 4.69) is 16.3 Å². The number of thiophene rings is 1. The first-order valence-electron chi connectivity index (χ1n) is 10.6. The van der Waals surface area contributed by atoms with Crippen LogP contribution in [0.4, 0.5) is 0 Å². The molecule has 1 N–H and O–H groups in total. The number of methoxy groups -OCH3 is 2. The Morgan fingerprint density at radius 1 is 1.12 bits per heavy atom. The molecule has 3 heterocycles. The van der Waals surface area contributed by atoms with Crippen molar-refractivity contribution in [3.63, 3.8) is 0 Å². The second-order valence-electron chi connectivity index (χ2n) is 7.88. The molecule has 0 spiro atoms. The van der Waals surface area contributed by atoms with Crippen LogP contribution >= 0.6 is 11.3 Å². The third-order valence-corrected chi connectivity index (χ3v) is 7.03. The number of aromatic nitrogens is 2. The second-order valence-corrected chi connectivity index (χ2v) is 8.86. The molecule has 0 bridgehead atoms. The van der Waals surface area contributed by atoms with Gasteiger partial charge in [0, 0.05) is 16.8 Å². The number of ether oxygens (including phenoxy) is 2. The molecule has 0 aliphatic carbocycles. The van der Waals surface area contributed by atoms with Crippen molar-refractivity contribution in [2.45, 2.75) is 18.9 Å². The monoisotopic (exact) mass is 461 g/mol. The molecule has 1 amide bonds. The standard InChI is InChI=1S/C25H23N3O4S/c1-31-20-12-15-9-10-28(24(22-8-5-11-33-22)18(15)13-21(20)32-2)23(29)14-19-16-6-3-4-7-17(16)25(30)27-26-19/h3-8,11-13,24H,9-10,14H2,1-2H3,(H,27,30). The van der Waals surface area contributed by atoms with Gasteiger partial charge in [0.15, 0.2) is 11.5 Å². The number of fused-ring (bicyclic) bond motifs is 2. The Bertz CT molecular complexity index is 1380. The van der Waals surface area contributed by atoms with E-state index < -0.39 is 0 Å². The van der Waals surface area contributed by atoms with Crippen molar-refractivity contribution in [1.29, 1.82) is 0 Å². The van der Waals surface area contributed by atoms with E-state index in [-0.39, 0.29) is 23.9 Å². The summed E-state index contributed by atoms with van der Waals surface area (Å²) in [5.41, 5.74) is 2.49. The van der Waals surface area contributed by atoms with Crippen LogP contribution in [0.2, 0.25) is 0 Å². The van der Waals surface area contributed by atoms with E-state index in [0.717, 1.165) is 16.0 Å². The lowest BCUT2D eigenvalue weighted by Gasteiger charge is -2.37. The summed E-state index contributed by atoms with van der Waals surface area (Å²) in [5.74, 6) is 1.28. The Morgan fingerprint density at radius 2 is 1.88 bits per heavy atom. The minimum atomic E-state index is -0.258. The van der Waals surface area contributed by atoms with Crippen LogP contribution in [0.5, 0.6) is 11.5 Å². The normalized spacial score (nSPS) is 15.3. The van der Waals surface area contributed by atoms with Crippen molar-refractivity contribution in [2.75, 3.05) is 20.8 Å². The predicted octanol–water partition coefficient (Wildman–Crippen LogP) is 3.72. The molecule has 4 aromatic rings. The predicted molar refractivity (Wildman–Crippen MR) is 127 cm³/mol. The second kappa shape index (κ2) is 8.71. The molecule has 0 saturated carbocycles. The number of carbonyl (C=O) groups is 1. The Labute approximate surface area is 194 Å². The molecule has 1 atom stereocenters. The molecule has 7 nitrogen and oxygen atoms in total. The van der Waals surface area contributed by atoms with Gasteiger partial charge < -0.3 is 14.4 Å². The summed E-state index contributed by atoms with van der Waals surface area (Å²) < 4.78 is 11.0. The highest BCUT2D eigenvalue weighted by molar-refractivity contribution is 7.10. The van der Waals surface area contributed by atoms with E-state index in [1.165, 1.54) is 0 Å². The minimum Gasteiger partial charge on any atom is -0.493 e. The maximum atomic E-state index is 13.6. The van der Waals surface area contributed by atoms with Gasteiger partial charge in [0.25, 0.3) is 5.56 Å². The fourth-order valence-corrected chi connectivity index (χ4v) is 5.37. The largest absolute Gasteiger partial charge is 0.493 e. The van der Waals surface area contributed by atoms with E-state index in [4.69, 9.17) is 9.47 Å². The van der Waals surface area contributed by atoms with Crippen LogP contribution in [0.25, 0.3) is 10.8 Å². The summed E-state index contributed by atoms with van der Waals surface area (Å²) in [5, 5.41) is 9.98. The lowest BCUT2D eigenvalue weighted by atomic mass is 9.90. The third kappa shape index (κ3) is 3.76. The number of benzene rings is 2. The smallest absolute Gasteiger partial charge is 0.272 e. The molecule has 2 aromatic heterocycles. The van der Waals surface area contributed by atoms with Crippen LogP contribution in [0.15, 0.2) is 58.7 Å². The molecule has 2 aromatic carbocycles. The van der Waals surface area contributed by atoms with Gasteiger partial charge in [-0.1, -0.05) is 24.3 Å². The topological polar surface area (TPSA) is 84.5 Å². The molecular weight excluding hydrogens is 438 g/mol. The summed E-state index contributed by atoms with van der Waals surface area (Å²) in [6.45, 7) is 0.575. The number of hydrogen-bond donors (Lipinski definition) is 1. The quantitative estimate of drug-likeness (QED) is 0.490. The molecule has 1 aliphatic rings. The van der Waals surface area contributed by atoms with Crippen molar-refractivity contribution < 1.29 is 14.3 Å². The number of aromatic amines is 1. The molecule has 0 fully saturated rings. The SMILES string of the molecule is COc1cc2c(cc1OC)C(c1cccs1)N(C(=O)Cc1n[nH]c(=O)c3ccccc13)CC2. The molecule has 8 heteroatoms. The van der Waals surface area contributed by atoms with Crippen LogP contribution in [0.3, 0.4) is 0 Å². The average Bonchev–Trinajstić information content (AvgIpc) is 3.38. The van der Waals surface area contributed by atoms with Crippen LogP contribution in [0.1, 0.15) is 27.7 Å². The van der Waals surface area contributed by atoms with Crippen molar-refractivity contribution in [2.24, 2.45) is 0 Å². The van der Waals surface area contributed by atoms with Gasteiger partial charge >= 0.3 is 0 Å². The van der Waals surface area contributed by atoms with Crippen molar-refractivity contribution in [1.82, 2.24) is 15.1 Å². The summed E-state index contributed by atoms with van der Waals surface area (Å²) >= 11 is 1.62. The van der Waals surface area contributed by atoms with E-state index in [1.807, 2.05) is 40.6 Å². The summed E-state index contributed by atoms with van der Waals surface area (Å²) in [7, 11) is 3.24. The summed E-state index contributed by atoms with van der Waals surface area (Å²) in [6.07, 6.45) is 0.810. The first-order valence-corrected chi connectivity index (χ1v) is 11.5. The van der Waals surface area contributed by atoms with Gasteiger partial charge in [0.2, 0.25) is 5.91 Å². The van der Waals surface area contributed by atoms with E-state index in [1.54, 1.807) is 37.7 Å². The fourth-order valence-electron chi connectivity index (χ4n) is 4.52. The van der Waals surface area contributed by atoms with Gasteiger partial charge in [-0.05, 0) is 47.2 Å². The number of carbonyl (C=O) groups excluding carboxylic acids is 1. The molecule has 0 radical (unpaired) electrons. The van der Waals surface area contributed by atoms with Gasteiger partial charge in [-0.25, -0.2) is 5.10 Å². The minimum absolute atomic E-state index is 0.0430. The maximum Gasteiger partial charge on any atom is 0.272 e. The number of hydrogen-bond acceptors (Lipinski definition) is 6. The first kappa shape index (κ1) is 21.2. The number of nitrogens with zero attached hydrogens (tertiary/aromatic N) is 2. The Morgan fingerprint density at radius 3 is 2.61 bits per heavy atom. The number of nitrogens with one attached hydrogen (secondary N) is 1. The van der Waals surface area contributed by atoms with Gasteiger partial charge in [0.05, 0.1) is 37.8 Å². The van der Waals surface area contributed by atoms with Gasteiger partial charge in [0.1, 0.15) is 0 Å². The van der Waals surface area contributed by atoms with Crippen LogP contribution < -0.4 is 15.0 Å². The van der Waals surface area contributed by atoms with Gasteiger partial charge in [-0.15, -0.1) is 11.3 Å². The molecule has 1 unspecified atom stereocenters. The molecule has 168 valence electrons. The van der Waals surface area contributed by atoms with Crippen molar-refractivity contribution in [3.05, 3.63) is 86.0 Å². The van der Waals surface area contributed by atoms with Crippen LogP contribution in [-0.4, -0.2) is 41.8 Å². The zero-order valence-corrected chi connectivity index (χ0v) is 19.1. The lowest BCUT2D eigenvalue weighted by Crippen LogP contribution is -2.41. The highest BCUT2D eigenvalue weighted by Crippen LogP contribution is 2.42. The number of rotatable bonds is 5. The molecule has 33 heavy (non-hydrogen) atoms. The van der Waals surface area contributed by atoms with E-state index in [9.17, 15) is 9.59 Å². The van der Waals surface area contributed by atoms with Gasteiger partial charge in [-0.3, -0.25) is 9.59 Å². The summed E-state index contributed by atoms with van der Waals surface area (Å²) in [4.78, 5) is 28.8. The Kier molecular flexibility index (Phi) is 5.60. The highest BCUT2D eigenvalue weighted by atomic mass is 32.1. The van der Waals surface area contributed by atoms with Crippen molar-refractivity contribution in [3.8, 4) is 11.5 Å². The fraction of sp³-hybridized carbons (Fsp3) is 0.240.